The normalized spacial score (nSPS) is 13.3. The van der Waals surface area contributed by atoms with Crippen LogP contribution in [-0.2, 0) is 10.0 Å². The van der Waals surface area contributed by atoms with Gasteiger partial charge in [0.15, 0.2) is 0 Å². The minimum absolute atomic E-state index is 0.00574. The van der Waals surface area contributed by atoms with E-state index in [2.05, 4.69) is 18.6 Å². The van der Waals surface area contributed by atoms with Crippen LogP contribution in [0.3, 0.4) is 0 Å². The van der Waals surface area contributed by atoms with Gasteiger partial charge in [-0.2, -0.15) is 0 Å². The summed E-state index contributed by atoms with van der Waals surface area (Å²) in [7, 11) is -3.57. The van der Waals surface area contributed by atoms with Crippen molar-refractivity contribution in [2.45, 2.75) is 38.4 Å². The quantitative estimate of drug-likeness (QED) is 0.792. The lowest BCUT2D eigenvalue weighted by atomic mass is 10.0. The number of nitrogens with one attached hydrogen (secondary N) is 1. The number of rotatable bonds is 6. The van der Waals surface area contributed by atoms with Crippen molar-refractivity contribution in [3.05, 3.63) is 29.8 Å². The fraction of sp³-hybridized carbons (Fsp3) is 0.462. The minimum atomic E-state index is -3.57. The first-order valence-electron chi connectivity index (χ1n) is 6.18. The fourth-order valence-corrected chi connectivity index (χ4v) is 3.64. The van der Waals surface area contributed by atoms with Gasteiger partial charge in [-0.1, -0.05) is 45.1 Å². The third kappa shape index (κ3) is 4.18. The molecule has 0 spiro atoms. The first-order chi connectivity index (χ1) is 8.77. The van der Waals surface area contributed by atoms with Crippen LogP contribution < -0.4 is 10.5 Å². The summed E-state index contributed by atoms with van der Waals surface area (Å²) in [5.74, 6) is 0.408. The maximum absolute atomic E-state index is 12.1. The Balaban J connectivity index is 2.92. The van der Waals surface area contributed by atoms with Crippen molar-refractivity contribution in [1.82, 2.24) is 0 Å². The van der Waals surface area contributed by atoms with Crippen LogP contribution in [0.1, 0.15) is 38.7 Å². The van der Waals surface area contributed by atoms with Crippen molar-refractivity contribution < 1.29 is 8.42 Å². The van der Waals surface area contributed by atoms with Crippen LogP contribution in [0.4, 0.5) is 5.69 Å². The third-order valence-corrected chi connectivity index (χ3v) is 5.19. The molecule has 1 unspecified atom stereocenters. The van der Waals surface area contributed by atoms with E-state index < -0.39 is 15.3 Å². The summed E-state index contributed by atoms with van der Waals surface area (Å²) in [5.41, 5.74) is 7.15. The molecular weight excluding hydrogens is 280 g/mol. The molecule has 0 heterocycles. The molecule has 1 aromatic rings. The van der Waals surface area contributed by atoms with Gasteiger partial charge in [-0.15, -0.1) is 0 Å². The third-order valence-electron chi connectivity index (χ3n) is 2.90. The second-order valence-corrected chi connectivity index (χ2v) is 7.06. The molecule has 19 heavy (non-hydrogen) atoms. The SMILES string of the molecule is CCC(C(N)=S)S(=O)(=O)Nc1ccc(C(C)C)cc1. The van der Waals surface area contributed by atoms with Gasteiger partial charge >= 0.3 is 0 Å². The van der Waals surface area contributed by atoms with E-state index in [1.807, 2.05) is 12.1 Å². The zero-order chi connectivity index (χ0) is 14.6. The summed E-state index contributed by atoms with van der Waals surface area (Å²) in [5, 5.41) is -0.840. The van der Waals surface area contributed by atoms with Gasteiger partial charge in [0, 0.05) is 5.69 Å². The summed E-state index contributed by atoms with van der Waals surface area (Å²) in [4.78, 5) is -0.00574. The average Bonchev–Trinajstić information content (AvgIpc) is 2.28. The molecule has 0 saturated heterocycles. The van der Waals surface area contributed by atoms with Gasteiger partial charge in [0.2, 0.25) is 10.0 Å². The summed E-state index contributed by atoms with van der Waals surface area (Å²) < 4.78 is 26.7. The van der Waals surface area contributed by atoms with Crippen LogP contribution in [0.5, 0.6) is 0 Å². The molecule has 0 amide bonds. The second-order valence-electron chi connectivity index (χ2n) is 4.72. The highest BCUT2D eigenvalue weighted by Gasteiger charge is 2.26. The highest BCUT2D eigenvalue weighted by atomic mass is 32.2. The molecule has 4 nitrogen and oxygen atoms in total. The van der Waals surface area contributed by atoms with E-state index in [4.69, 9.17) is 18.0 Å². The van der Waals surface area contributed by atoms with Crippen LogP contribution in [-0.4, -0.2) is 18.7 Å². The van der Waals surface area contributed by atoms with E-state index >= 15 is 0 Å². The van der Waals surface area contributed by atoms with Crippen LogP contribution in [0.2, 0.25) is 0 Å². The summed E-state index contributed by atoms with van der Waals surface area (Å²) >= 11 is 4.79. The zero-order valence-electron chi connectivity index (χ0n) is 11.4. The molecule has 0 saturated carbocycles. The van der Waals surface area contributed by atoms with Crippen molar-refractivity contribution in [1.29, 1.82) is 0 Å². The number of thiocarbonyl (C=S) groups is 1. The van der Waals surface area contributed by atoms with Crippen molar-refractivity contribution in [2.24, 2.45) is 5.73 Å². The Kier molecular flexibility index (Phi) is 5.31. The number of benzene rings is 1. The summed E-state index contributed by atoms with van der Waals surface area (Å²) in [6.45, 7) is 5.91. The molecule has 0 aliphatic carbocycles. The van der Waals surface area contributed by atoms with E-state index in [0.717, 1.165) is 5.56 Å². The number of sulfonamides is 1. The second kappa shape index (κ2) is 6.34. The van der Waals surface area contributed by atoms with Crippen LogP contribution in [0.15, 0.2) is 24.3 Å². The molecule has 1 rings (SSSR count). The van der Waals surface area contributed by atoms with Crippen LogP contribution in [0.25, 0.3) is 0 Å². The molecule has 0 bridgehead atoms. The number of hydrogen-bond donors (Lipinski definition) is 2. The zero-order valence-corrected chi connectivity index (χ0v) is 13.0. The van der Waals surface area contributed by atoms with Gasteiger partial charge in [0.1, 0.15) is 5.25 Å². The van der Waals surface area contributed by atoms with Gasteiger partial charge in [-0.05, 0) is 30.0 Å². The number of nitrogens with two attached hydrogens (primary N) is 1. The number of anilines is 1. The van der Waals surface area contributed by atoms with E-state index in [-0.39, 0.29) is 4.99 Å². The predicted molar refractivity (Wildman–Crippen MR) is 83.9 cm³/mol. The minimum Gasteiger partial charge on any atom is -0.392 e. The molecule has 0 aliphatic rings. The van der Waals surface area contributed by atoms with Crippen LogP contribution in [0, 0.1) is 0 Å². The lowest BCUT2D eigenvalue weighted by molar-refractivity contribution is 0.594. The fourth-order valence-electron chi connectivity index (χ4n) is 1.74. The molecule has 3 N–H and O–H groups in total. The van der Waals surface area contributed by atoms with E-state index in [1.54, 1.807) is 19.1 Å². The van der Waals surface area contributed by atoms with Crippen molar-refractivity contribution in [3.63, 3.8) is 0 Å². The van der Waals surface area contributed by atoms with Crippen molar-refractivity contribution >= 4 is 32.9 Å². The molecule has 0 radical (unpaired) electrons. The van der Waals surface area contributed by atoms with Gasteiger partial charge in [-0.3, -0.25) is 4.72 Å². The van der Waals surface area contributed by atoms with Gasteiger partial charge < -0.3 is 5.73 Å². The maximum atomic E-state index is 12.1. The Morgan fingerprint density at radius 1 is 1.32 bits per heavy atom. The van der Waals surface area contributed by atoms with Crippen molar-refractivity contribution in [3.8, 4) is 0 Å². The Morgan fingerprint density at radius 3 is 2.21 bits per heavy atom. The highest BCUT2D eigenvalue weighted by Crippen LogP contribution is 2.19. The highest BCUT2D eigenvalue weighted by molar-refractivity contribution is 7.95. The molecule has 106 valence electrons. The predicted octanol–water partition coefficient (Wildman–Crippen LogP) is 2.62. The smallest absolute Gasteiger partial charge is 0.242 e. The van der Waals surface area contributed by atoms with Gasteiger partial charge in [-0.25, -0.2) is 8.42 Å². The lowest BCUT2D eigenvalue weighted by Crippen LogP contribution is -2.37. The van der Waals surface area contributed by atoms with E-state index in [9.17, 15) is 8.42 Å². The summed E-state index contributed by atoms with van der Waals surface area (Å²) in [6.07, 6.45) is 0.356. The molecule has 6 heteroatoms. The van der Waals surface area contributed by atoms with Gasteiger partial charge in [0.25, 0.3) is 0 Å². The standard InChI is InChI=1S/C13H20N2O2S2/c1-4-12(13(14)18)19(16,17)15-11-7-5-10(6-8-11)9(2)3/h5-9,12,15H,4H2,1-3H3,(H2,14,18). The average molecular weight is 300 g/mol. The van der Waals surface area contributed by atoms with Gasteiger partial charge in [0.05, 0.1) is 4.99 Å². The largest absolute Gasteiger partial charge is 0.392 e. The Bertz CT molecular complexity index is 536. The molecule has 0 aliphatic heterocycles. The first-order valence-corrected chi connectivity index (χ1v) is 8.14. The molecule has 0 fully saturated rings. The Morgan fingerprint density at radius 2 is 1.84 bits per heavy atom. The van der Waals surface area contributed by atoms with E-state index in [1.165, 1.54) is 0 Å². The molecule has 1 aromatic carbocycles. The Labute approximate surface area is 120 Å². The molecular formula is C13H20N2O2S2. The maximum Gasteiger partial charge on any atom is 0.242 e. The van der Waals surface area contributed by atoms with E-state index in [0.29, 0.717) is 18.0 Å². The molecule has 1 atom stereocenters. The lowest BCUT2D eigenvalue weighted by Gasteiger charge is -2.16. The summed E-state index contributed by atoms with van der Waals surface area (Å²) in [6, 6.07) is 7.31. The van der Waals surface area contributed by atoms with Crippen molar-refractivity contribution in [2.75, 3.05) is 4.72 Å². The molecule has 0 aromatic heterocycles. The monoisotopic (exact) mass is 300 g/mol. The Hall–Kier alpha value is -1.14. The van der Waals surface area contributed by atoms with Crippen LogP contribution >= 0.6 is 12.2 Å². The number of hydrogen-bond acceptors (Lipinski definition) is 3. The topological polar surface area (TPSA) is 72.2 Å². The first kappa shape index (κ1) is 15.9.